The molecule has 2 N–H and O–H groups in total. The predicted molar refractivity (Wildman–Crippen MR) is 142 cm³/mol. The number of urea groups is 2. The Bertz CT molecular complexity index is 1310. The number of esters is 1. The first-order chi connectivity index (χ1) is 19.0. The number of nitrogens with zero attached hydrogens (tertiary/aromatic N) is 2. The summed E-state index contributed by atoms with van der Waals surface area (Å²) >= 11 is 0. The van der Waals surface area contributed by atoms with Crippen molar-refractivity contribution in [3.63, 3.8) is 0 Å². The van der Waals surface area contributed by atoms with Gasteiger partial charge in [0.1, 0.15) is 11.9 Å². The molecule has 1 atom stereocenters. The molecule has 0 aromatic heterocycles. The van der Waals surface area contributed by atoms with E-state index in [-0.39, 0.29) is 34.6 Å². The van der Waals surface area contributed by atoms with Crippen LogP contribution in [0.1, 0.15) is 50.3 Å². The summed E-state index contributed by atoms with van der Waals surface area (Å²) in [7, 11) is 1.15. The summed E-state index contributed by atoms with van der Waals surface area (Å²) in [5.74, 6) is -3.35. The van der Waals surface area contributed by atoms with Gasteiger partial charge >= 0.3 is 18.0 Å². The predicted octanol–water partition coefficient (Wildman–Crippen LogP) is 4.77. The highest BCUT2D eigenvalue weighted by Crippen LogP contribution is 2.36. The van der Waals surface area contributed by atoms with Crippen LogP contribution in [0.15, 0.2) is 53.7 Å². The van der Waals surface area contributed by atoms with Crippen molar-refractivity contribution in [3.8, 4) is 0 Å². The second-order valence-electron chi connectivity index (χ2n) is 10.4. The highest BCUT2D eigenvalue weighted by Gasteiger charge is 2.42. The van der Waals surface area contributed by atoms with Crippen LogP contribution in [0.5, 0.6) is 0 Å². The van der Waals surface area contributed by atoms with Gasteiger partial charge in [-0.05, 0) is 86.6 Å². The standard InChI is InChI=1S/C29H33F3N4O4/c1-18-24(26(37)40-3)25(19-5-10-22(31)23(32)17-19)36(28(39)34-18)27(38)33-13-4-14-35-15-11-29(2,12-16-35)20-6-8-21(30)9-7-20/h5-10,17,25H,4,11-16H2,1-3H3,(H,33,38)(H,34,39). The number of carbonyl (C=O) groups is 3. The van der Waals surface area contributed by atoms with E-state index < -0.39 is 35.7 Å². The number of piperidine rings is 1. The fourth-order valence-electron chi connectivity index (χ4n) is 5.32. The van der Waals surface area contributed by atoms with Gasteiger partial charge in [0.15, 0.2) is 11.6 Å². The van der Waals surface area contributed by atoms with E-state index >= 15 is 0 Å². The number of allylic oxidation sites excluding steroid dienone is 1. The number of benzene rings is 2. The summed E-state index contributed by atoms with van der Waals surface area (Å²) < 4.78 is 45.9. The fraction of sp³-hybridized carbons (Fsp3) is 0.414. The van der Waals surface area contributed by atoms with E-state index in [4.69, 9.17) is 4.74 Å². The lowest BCUT2D eigenvalue weighted by atomic mass is 9.74. The fourth-order valence-corrected chi connectivity index (χ4v) is 5.32. The Morgan fingerprint density at radius 1 is 1.07 bits per heavy atom. The number of nitrogens with one attached hydrogen (secondary N) is 2. The molecular weight excluding hydrogens is 525 g/mol. The van der Waals surface area contributed by atoms with Crippen molar-refractivity contribution in [2.45, 2.75) is 44.6 Å². The quantitative estimate of drug-likeness (QED) is 0.378. The zero-order chi connectivity index (χ0) is 29.0. The van der Waals surface area contributed by atoms with Crippen molar-refractivity contribution >= 4 is 18.0 Å². The Kier molecular flexibility index (Phi) is 8.82. The lowest BCUT2D eigenvalue weighted by Gasteiger charge is -2.40. The van der Waals surface area contributed by atoms with E-state index in [0.717, 1.165) is 55.6 Å². The summed E-state index contributed by atoms with van der Waals surface area (Å²) in [4.78, 5) is 41.7. The van der Waals surface area contributed by atoms with Crippen LogP contribution in [0.2, 0.25) is 0 Å². The molecule has 11 heteroatoms. The third-order valence-corrected chi connectivity index (χ3v) is 7.76. The van der Waals surface area contributed by atoms with Gasteiger partial charge in [0.05, 0.1) is 12.7 Å². The van der Waals surface area contributed by atoms with E-state index in [0.29, 0.717) is 13.0 Å². The molecule has 0 spiro atoms. The molecule has 1 fully saturated rings. The molecule has 2 heterocycles. The summed E-state index contributed by atoms with van der Waals surface area (Å²) in [6, 6.07) is 6.68. The average Bonchev–Trinajstić information content (AvgIpc) is 2.93. The van der Waals surface area contributed by atoms with Crippen LogP contribution in [0.4, 0.5) is 22.8 Å². The lowest BCUT2D eigenvalue weighted by molar-refractivity contribution is -0.136. The minimum atomic E-state index is -1.32. The molecule has 2 aliphatic rings. The van der Waals surface area contributed by atoms with Gasteiger partial charge < -0.3 is 20.3 Å². The lowest BCUT2D eigenvalue weighted by Crippen LogP contribution is -2.54. The van der Waals surface area contributed by atoms with E-state index in [2.05, 4.69) is 22.5 Å². The Labute approximate surface area is 231 Å². The Hall–Kier alpha value is -3.86. The first kappa shape index (κ1) is 29.1. The average molecular weight is 559 g/mol. The van der Waals surface area contributed by atoms with Crippen LogP contribution in [-0.4, -0.2) is 61.1 Å². The second-order valence-corrected chi connectivity index (χ2v) is 10.4. The van der Waals surface area contributed by atoms with E-state index in [1.807, 2.05) is 12.1 Å². The van der Waals surface area contributed by atoms with Crippen LogP contribution in [0, 0.1) is 17.5 Å². The van der Waals surface area contributed by atoms with Crippen molar-refractivity contribution in [1.82, 2.24) is 20.4 Å². The van der Waals surface area contributed by atoms with Crippen LogP contribution >= 0.6 is 0 Å². The van der Waals surface area contributed by atoms with Crippen LogP contribution in [-0.2, 0) is 14.9 Å². The van der Waals surface area contributed by atoms with Gasteiger partial charge in [-0.2, -0.15) is 0 Å². The number of halogens is 3. The summed E-state index contributed by atoms with van der Waals surface area (Å²) in [5.41, 5.74) is 1.21. The number of imide groups is 1. The largest absolute Gasteiger partial charge is 0.466 e. The van der Waals surface area contributed by atoms with Gasteiger partial charge in [-0.25, -0.2) is 32.5 Å². The first-order valence-electron chi connectivity index (χ1n) is 13.1. The monoisotopic (exact) mass is 558 g/mol. The molecule has 2 aliphatic heterocycles. The number of hydrogen-bond acceptors (Lipinski definition) is 5. The van der Waals surface area contributed by atoms with E-state index in [1.165, 1.54) is 25.1 Å². The van der Waals surface area contributed by atoms with Crippen molar-refractivity contribution < 1.29 is 32.3 Å². The van der Waals surface area contributed by atoms with Crippen molar-refractivity contribution in [2.24, 2.45) is 0 Å². The first-order valence-corrected chi connectivity index (χ1v) is 13.1. The highest BCUT2D eigenvalue weighted by atomic mass is 19.2. The number of likely N-dealkylation sites (tertiary alicyclic amines) is 1. The minimum absolute atomic E-state index is 0.0299. The molecule has 0 saturated carbocycles. The summed E-state index contributed by atoms with van der Waals surface area (Å²) in [5, 5.41) is 5.18. The van der Waals surface area contributed by atoms with Gasteiger partial charge in [0, 0.05) is 12.2 Å². The number of methoxy groups -OCH3 is 1. The van der Waals surface area contributed by atoms with Crippen LogP contribution < -0.4 is 10.6 Å². The molecule has 2 aromatic rings. The normalized spacial score (nSPS) is 19.3. The van der Waals surface area contributed by atoms with Crippen LogP contribution in [0.25, 0.3) is 0 Å². The maximum Gasteiger partial charge on any atom is 0.337 e. The number of amides is 4. The van der Waals surface area contributed by atoms with Gasteiger partial charge in [-0.15, -0.1) is 0 Å². The number of ether oxygens (including phenoxy) is 1. The molecule has 40 heavy (non-hydrogen) atoms. The third-order valence-electron chi connectivity index (χ3n) is 7.76. The number of carbonyl (C=O) groups excluding carboxylic acids is 3. The minimum Gasteiger partial charge on any atom is -0.466 e. The van der Waals surface area contributed by atoms with Gasteiger partial charge in [0.2, 0.25) is 0 Å². The van der Waals surface area contributed by atoms with Crippen molar-refractivity contribution in [1.29, 1.82) is 0 Å². The van der Waals surface area contributed by atoms with Crippen molar-refractivity contribution in [2.75, 3.05) is 33.3 Å². The molecular formula is C29H33F3N4O4. The Morgan fingerprint density at radius 2 is 1.75 bits per heavy atom. The molecule has 0 aliphatic carbocycles. The molecule has 4 rings (SSSR count). The maximum atomic E-state index is 14.1. The van der Waals surface area contributed by atoms with Gasteiger partial charge in [-0.3, -0.25) is 0 Å². The molecule has 214 valence electrons. The maximum absolute atomic E-state index is 14.1. The Balaban J connectivity index is 1.38. The molecule has 1 saturated heterocycles. The van der Waals surface area contributed by atoms with E-state index in [9.17, 15) is 27.6 Å². The number of hydrogen-bond donors (Lipinski definition) is 2. The van der Waals surface area contributed by atoms with E-state index in [1.54, 1.807) is 0 Å². The van der Waals surface area contributed by atoms with Crippen molar-refractivity contribution in [3.05, 3.63) is 82.3 Å². The van der Waals surface area contributed by atoms with Gasteiger partial charge in [-0.1, -0.05) is 25.1 Å². The topological polar surface area (TPSA) is 91.0 Å². The third kappa shape index (κ3) is 6.14. The molecule has 4 amide bonds. The summed E-state index contributed by atoms with van der Waals surface area (Å²) in [6.07, 6.45) is 2.43. The summed E-state index contributed by atoms with van der Waals surface area (Å²) in [6.45, 7) is 6.30. The Morgan fingerprint density at radius 3 is 2.38 bits per heavy atom. The molecule has 0 bridgehead atoms. The number of rotatable bonds is 7. The SMILES string of the molecule is COC(=O)C1=C(C)NC(=O)N(C(=O)NCCCN2CCC(C)(c3ccc(F)cc3)CC2)C1c1ccc(F)c(F)c1. The second kappa shape index (κ2) is 12.1. The molecule has 1 unspecified atom stereocenters. The highest BCUT2D eigenvalue weighted by molar-refractivity contribution is 6.01. The van der Waals surface area contributed by atoms with Crippen LogP contribution in [0.3, 0.4) is 0 Å². The van der Waals surface area contributed by atoms with Gasteiger partial charge in [0.25, 0.3) is 0 Å². The molecule has 2 aromatic carbocycles. The zero-order valence-electron chi connectivity index (χ0n) is 22.7. The smallest absolute Gasteiger partial charge is 0.337 e. The zero-order valence-corrected chi connectivity index (χ0v) is 22.7. The molecule has 0 radical (unpaired) electrons. The molecule has 8 nitrogen and oxygen atoms in total.